The summed E-state index contributed by atoms with van der Waals surface area (Å²) >= 11 is 0. The lowest BCUT2D eigenvalue weighted by Gasteiger charge is -2.38. The molecule has 0 aromatic heterocycles. The van der Waals surface area contributed by atoms with Gasteiger partial charge in [0.05, 0.1) is 12.8 Å². The minimum Gasteiger partial charge on any atom is -0.497 e. The number of anilines is 1. The molecule has 164 valence electrons. The molecule has 2 unspecified atom stereocenters. The average Bonchev–Trinajstić information content (AvgIpc) is 3.42. The maximum atomic E-state index is 12.9. The van der Waals surface area contributed by atoms with Crippen molar-refractivity contribution in [2.24, 2.45) is 0 Å². The Bertz CT molecular complexity index is 968. The molecule has 2 aromatic rings. The summed E-state index contributed by atoms with van der Waals surface area (Å²) in [6.45, 7) is 2.15. The van der Waals surface area contributed by atoms with Crippen LogP contribution < -0.4 is 14.8 Å². The zero-order chi connectivity index (χ0) is 21.6. The first-order valence-electron chi connectivity index (χ1n) is 10.6. The number of amides is 1. The maximum Gasteiger partial charge on any atom is 0.253 e. The molecule has 3 aliphatic rings. The van der Waals surface area contributed by atoms with Crippen molar-refractivity contribution in [3.05, 3.63) is 53.6 Å². The molecule has 0 bridgehead atoms. The lowest BCUT2D eigenvalue weighted by atomic mass is 10.1. The second kappa shape index (κ2) is 7.71. The predicted molar refractivity (Wildman–Crippen MR) is 114 cm³/mol. The highest BCUT2D eigenvalue weighted by Gasteiger charge is 2.50. The van der Waals surface area contributed by atoms with E-state index in [0.717, 1.165) is 22.7 Å². The number of nitrogens with zero attached hydrogens (tertiary/aromatic N) is 2. The van der Waals surface area contributed by atoms with E-state index in [2.05, 4.69) is 5.32 Å². The van der Waals surface area contributed by atoms with Gasteiger partial charge >= 0.3 is 0 Å². The Kier molecular flexibility index (Phi) is 5.00. The SMILES string of the molecule is COc1ccc2c(c1)OC(c1ccc(C(=O)N3CCN(C(O)C4(O)CC4)CC3)cc1)N2. The minimum absolute atomic E-state index is 0.0286. The molecule has 2 aliphatic heterocycles. The van der Waals surface area contributed by atoms with Crippen molar-refractivity contribution in [1.82, 2.24) is 9.80 Å². The number of hydrogen-bond donors (Lipinski definition) is 3. The Hall–Kier alpha value is -2.81. The molecule has 1 saturated heterocycles. The third kappa shape index (κ3) is 3.82. The van der Waals surface area contributed by atoms with Gasteiger partial charge in [0.2, 0.25) is 0 Å². The van der Waals surface area contributed by atoms with E-state index >= 15 is 0 Å². The molecule has 2 heterocycles. The second-order valence-electron chi connectivity index (χ2n) is 8.43. The highest BCUT2D eigenvalue weighted by atomic mass is 16.5. The van der Waals surface area contributed by atoms with E-state index in [1.807, 2.05) is 47.4 Å². The van der Waals surface area contributed by atoms with E-state index < -0.39 is 11.8 Å². The van der Waals surface area contributed by atoms with E-state index in [4.69, 9.17) is 9.47 Å². The molecule has 31 heavy (non-hydrogen) atoms. The number of benzene rings is 2. The van der Waals surface area contributed by atoms with Crippen LogP contribution in [0.4, 0.5) is 5.69 Å². The molecule has 1 amide bonds. The molecular weight excluding hydrogens is 398 g/mol. The van der Waals surface area contributed by atoms with Crippen LogP contribution in [0.25, 0.3) is 0 Å². The van der Waals surface area contributed by atoms with Gasteiger partial charge in [0.1, 0.15) is 23.3 Å². The molecular formula is C23H27N3O5. The third-order valence-electron chi connectivity index (χ3n) is 6.37. The van der Waals surface area contributed by atoms with Gasteiger partial charge < -0.3 is 29.9 Å². The van der Waals surface area contributed by atoms with E-state index in [1.54, 1.807) is 12.0 Å². The van der Waals surface area contributed by atoms with E-state index in [1.165, 1.54) is 0 Å². The fourth-order valence-corrected chi connectivity index (χ4v) is 4.17. The third-order valence-corrected chi connectivity index (χ3v) is 6.37. The summed E-state index contributed by atoms with van der Waals surface area (Å²) in [5.41, 5.74) is 1.50. The van der Waals surface area contributed by atoms with Gasteiger partial charge in [-0.1, -0.05) is 12.1 Å². The summed E-state index contributed by atoms with van der Waals surface area (Å²) in [5, 5.41) is 23.7. The highest BCUT2D eigenvalue weighted by Crippen LogP contribution is 2.41. The summed E-state index contributed by atoms with van der Waals surface area (Å²) in [6, 6.07) is 13.1. The van der Waals surface area contributed by atoms with Gasteiger partial charge in [-0.15, -0.1) is 0 Å². The first-order chi connectivity index (χ1) is 15.0. The molecule has 3 N–H and O–H groups in total. The van der Waals surface area contributed by atoms with Crippen molar-refractivity contribution in [3.63, 3.8) is 0 Å². The van der Waals surface area contributed by atoms with Crippen molar-refractivity contribution < 1.29 is 24.5 Å². The Morgan fingerprint density at radius 1 is 1.16 bits per heavy atom. The van der Waals surface area contributed by atoms with Crippen molar-refractivity contribution in [1.29, 1.82) is 0 Å². The quantitative estimate of drug-likeness (QED) is 0.673. The van der Waals surface area contributed by atoms with Crippen LogP contribution in [0.2, 0.25) is 0 Å². The normalized spacial score (nSPS) is 22.8. The molecule has 8 heteroatoms. The number of fused-ring (bicyclic) bond motifs is 1. The smallest absolute Gasteiger partial charge is 0.253 e. The van der Waals surface area contributed by atoms with Crippen LogP contribution in [0, 0.1) is 0 Å². The summed E-state index contributed by atoms with van der Waals surface area (Å²) < 4.78 is 11.2. The average molecular weight is 425 g/mol. The number of aliphatic hydroxyl groups is 2. The van der Waals surface area contributed by atoms with Crippen molar-refractivity contribution in [3.8, 4) is 11.5 Å². The van der Waals surface area contributed by atoms with Gasteiger partial charge in [0.15, 0.2) is 6.23 Å². The highest BCUT2D eigenvalue weighted by molar-refractivity contribution is 5.94. The van der Waals surface area contributed by atoms with E-state index in [9.17, 15) is 15.0 Å². The summed E-state index contributed by atoms with van der Waals surface area (Å²) in [7, 11) is 1.62. The Balaban J connectivity index is 1.19. The summed E-state index contributed by atoms with van der Waals surface area (Å²) in [4.78, 5) is 16.6. The number of carbonyl (C=O) groups excluding carboxylic acids is 1. The van der Waals surface area contributed by atoms with Crippen LogP contribution >= 0.6 is 0 Å². The first kappa shape index (κ1) is 20.1. The molecule has 0 spiro atoms. The zero-order valence-corrected chi connectivity index (χ0v) is 17.5. The Morgan fingerprint density at radius 3 is 2.52 bits per heavy atom. The largest absolute Gasteiger partial charge is 0.497 e. The number of methoxy groups -OCH3 is 1. The molecule has 1 aliphatic carbocycles. The lowest BCUT2D eigenvalue weighted by molar-refractivity contribution is -0.108. The fourth-order valence-electron chi connectivity index (χ4n) is 4.17. The van der Waals surface area contributed by atoms with Gasteiger partial charge in [-0.2, -0.15) is 0 Å². The van der Waals surface area contributed by atoms with Crippen LogP contribution in [-0.2, 0) is 0 Å². The van der Waals surface area contributed by atoms with Gasteiger partial charge in [-0.05, 0) is 37.1 Å². The molecule has 0 radical (unpaired) electrons. The predicted octanol–water partition coefficient (Wildman–Crippen LogP) is 1.80. The van der Waals surface area contributed by atoms with E-state index in [0.29, 0.717) is 44.6 Å². The van der Waals surface area contributed by atoms with Crippen LogP contribution in [0.5, 0.6) is 11.5 Å². The van der Waals surface area contributed by atoms with Gasteiger partial charge in [0, 0.05) is 43.4 Å². The van der Waals surface area contributed by atoms with E-state index in [-0.39, 0.29) is 12.1 Å². The van der Waals surface area contributed by atoms with Crippen molar-refractivity contribution in [2.75, 3.05) is 38.6 Å². The van der Waals surface area contributed by atoms with Crippen LogP contribution in [0.15, 0.2) is 42.5 Å². The number of nitrogens with one attached hydrogen (secondary N) is 1. The number of rotatable bonds is 5. The number of carbonyl (C=O) groups is 1. The molecule has 2 atom stereocenters. The Labute approximate surface area is 181 Å². The molecule has 8 nitrogen and oxygen atoms in total. The standard InChI is InChI=1S/C23H27N3O5/c1-30-17-6-7-18-19(14-17)31-20(24-18)15-2-4-16(5-3-15)21(27)25-10-12-26(13-11-25)22(28)23(29)8-9-23/h2-7,14,20,22,24,28-29H,8-13H2,1H3. The van der Waals surface area contributed by atoms with Crippen LogP contribution in [-0.4, -0.2) is 71.0 Å². The summed E-state index contributed by atoms with van der Waals surface area (Å²) in [5.74, 6) is 1.45. The number of aliphatic hydroxyl groups excluding tert-OH is 1. The summed E-state index contributed by atoms with van der Waals surface area (Å²) in [6.07, 6.45) is 0.118. The molecule has 2 fully saturated rings. The molecule has 2 aromatic carbocycles. The van der Waals surface area contributed by atoms with Crippen molar-refractivity contribution in [2.45, 2.75) is 30.9 Å². The van der Waals surface area contributed by atoms with Crippen LogP contribution in [0.3, 0.4) is 0 Å². The fraction of sp³-hybridized carbons (Fsp3) is 0.435. The van der Waals surface area contributed by atoms with Gasteiger partial charge in [-0.3, -0.25) is 9.69 Å². The molecule has 5 rings (SSSR count). The Morgan fingerprint density at radius 2 is 1.87 bits per heavy atom. The van der Waals surface area contributed by atoms with Gasteiger partial charge in [-0.25, -0.2) is 0 Å². The number of piperazine rings is 1. The monoisotopic (exact) mass is 425 g/mol. The van der Waals surface area contributed by atoms with Gasteiger partial charge in [0.25, 0.3) is 5.91 Å². The number of hydrogen-bond acceptors (Lipinski definition) is 7. The molecule has 1 saturated carbocycles. The second-order valence-corrected chi connectivity index (χ2v) is 8.43. The van der Waals surface area contributed by atoms with Crippen LogP contribution in [0.1, 0.15) is 35.0 Å². The lowest BCUT2D eigenvalue weighted by Crippen LogP contribution is -2.55. The zero-order valence-electron chi connectivity index (χ0n) is 17.5. The maximum absolute atomic E-state index is 12.9. The topological polar surface area (TPSA) is 94.5 Å². The first-order valence-corrected chi connectivity index (χ1v) is 10.6. The number of ether oxygens (including phenoxy) is 2. The van der Waals surface area contributed by atoms with Crippen molar-refractivity contribution >= 4 is 11.6 Å². The minimum atomic E-state index is -0.955.